The monoisotopic (exact) mass is 1320 g/mol. The van der Waals surface area contributed by atoms with Gasteiger partial charge in [-0.05, 0) is 25.7 Å². The molecule has 0 bridgehead atoms. The second kappa shape index (κ2) is 98.4. The predicted molar refractivity (Wildman–Crippen MR) is 389 cm³/mol. The van der Waals surface area contributed by atoms with Crippen LogP contribution in [0.15, 0.2) is 0 Å². The van der Waals surface area contributed by atoms with Crippen LogP contribution >= 0.6 is 0 Å². The highest BCUT2D eigenvalue weighted by Gasteiger charge is 2.02. The van der Waals surface area contributed by atoms with Gasteiger partial charge >= 0.3 is 23.9 Å². The number of rotatable bonds is 64. The first-order valence-corrected chi connectivity index (χ1v) is 38.7. The van der Waals surface area contributed by atoms with Gasteiger partial charge in [0.25, 0.3) is 17.9 Å². The van der Waals surface area contributed by atoms with Gasteiger partial charge in [-0.2, -0.15) is 0 Å². The summed E-state index contributed by atoms with van der Waals surface area (Å²) in [6.07, 6.45) is 80.8. The zero-order valence-corrected chi connectivity index (χ0v) is 61.7. The number of unbranched alkanes of at least 4 members (excludes halogenated alkanes) is 56. The van der Waals surface area contributed by atoms with Gasteiger partial charge in [0.1, 0.15) is 0 Å². The van der Waals surface area contributed by atoms with Crippen molar-refractivity contribution in [3.63, 3.8) is 0 Å². The van der Waals surface area contributed by atoms with Crippen LogP contribution < -0.4 is 0 Å². The summed E-state index contributed by atoms with van der Waals surface area (Å²) in [7, 11) is 0. The van der Waals surface area contributed by atoms with Gasteiger partial charge in [0.2, 0.25) is 0 Å². The van der Waals surface area contributed by atoms with Gasteiger partial charge in [-0.15, -0.1) is 0 Å². The molecule has 0 aromatic heterocycles. The van der Waals surface area contributed by atoms with Crippen molar-refractivity contribution in [2.45, 2.75) is 459 Å². The lowest BCUT2D eigenvalue weighted by Gasteiger charge is -2.03. The molecule has 0 rings (SSSR count). The van der Waals surface area contributed by atoms with E-state index in [1.165, 1.54) is 334 Å². The van der Waals surface area contributed by atoms with E-state index < -0.39 is 41.8 Å². The molecule has 0 aromatic rings. The molecular weight excluding hydrogens is 1160 g/mol. The Balaban J connectivity index is -0.000000197. The molecule has 0 atom stereocenters. The van der Waals surface area contributed by atoms with E-state index in [1.54, 1.807) is 0 Å². The van der Waals surface area contributed by atoms with E-state index >= 15 is 0 Å². The Kier molecular flexibility index (Phi) is 109. The SMILES string of the molecule is CC(=O)O.CC(=O)O.CC(=O)O.CCCCCCCCCCCCCCCCCC(=O)O.CCCCCCCCCCCCCCCCCC(=O)O.CCCCCCCCCCCCCCCCCC(=O)O.CCCCCCCCCCCCCCCCCC(=O)O. The third kappa shape index (κ3) is 152. The Labute approximate surface area is 568 Å². The minimum Gasteiger partial charge on any atom is -0.481 e. The molecule has 0 radical (unpaired) electrons. The van der Waals surface area contributed by atoms with Crippen LogP contribution in [0.4, 0.5) is 0 Å². The van der Waals surface area contributed by atoms with Gasteiger partial charge < -0.3 is 35.7 Å². The maximum atomic E-state index is 10.3. The summed E-state index contributed by atoms with van der Waals surface area (Å²) < 4.78 is 0. The third-order valence-electron chi connectivity index (χ3n) is 16.0. The first kappa shape index (κ1) is 102. The second-order valence-electron chi connectivity index (χ2n) is 25.9. The van der Waals surface area contributed by atoms with Crippen molar-refractivity contribution >= 4 is 41.8 Å². The number of carbonyl (C=O) groups is 7. The standard InChI is InChI=1S/4C18H36O2.3C2H4O2/c4*1-2-3-4-5-6-7-8-9-10-11-12-13-14-15-16-17-18(19)20;3*1-2(3)4/h4*2-17H2,1H3,(H,19,20);3*1H3,(H,3,4). The fraction of sp³-hybridized carbons (Fsp3) is 0.910. The van der Waals surface area contributed by atoms with Gasteiger partial charge in [0.15, 0.2) is 0 Å². The van der Waals surface area contributed by atoms with E-state index in [1.807, 2.05) is 0 Å². The molecule has 0 saturated heterocycles. The summed E-state index contributed by atoms with van der Waals surface area (Å²) in [6, 6.07) is 0. The quantitative estimate of drug-likeness (QED) is 0.0280. The van der Waals surface area contributed by atoms with Crippen LogP contribution in [0.3, 0.4) is 0 Å². The van der Waals surface area contributed by atoms with Gasteiger partial charge in [0, 0.05) is 46.5 Å². The van der Waals surface area contributed by atoms with Gasteiger partial charge in [0.05, 0.1) is 0 Å². The predicted octanol–water partition coefficient (Wildman–Crippen LogP) is 25.6. The normalized spacial score (nSPS) is 10.2. The fourth-order valence-corrected chi connectivity index (χ4v) is 10.6. The van der Waals surface area contributed by atoms with Crippen LogP contribution in [0.2, 0.25) is 0 Å². The highest BCUT2D eigenvalue weighted by Crippen LogP contribution is 2.18. The molecule has 552 valence electrons. The van der Waals surface area contributed by atoms with E-state index in [4.69, 9.17) is 50.1 Å². The second-order valence-corrected chi connectivity index (χ2v) is 25.9. The first-order valence-electron chi connectivity index (χ1n) is 38.7. The topological polar surface area (TPSA) is 261 Å². The molecule has 0 heterocycles. The largest absolute Gasteiger partial charge is 0.481 e. The molecule has 0 unspecified atom stereocenters. The fourth-order valence-electron chi connectivity index (χ4n) is 10.6. The molecule has 0 aliphatic carbocycles. The van der Waals surface area contributed by atoms with Crippen LogP contribution in [0, 0.1) is 0 Å². The molecule has 7 N–H and O–H groups in total. The van der Waals surface area contributed by atoms with E-state index in [0.717, 1.165) is 72.1 Å². The molecule has 0 saturated carbocycles. The molecule has 92 heavy (non-hydrogen) atoms. The molecule has 0 spiro atoms. The number of hydrogen-bond acceptors (Lipinski definition) is 7. The molecule has 0 aromatic carbocycles. The molecule has 14 nitrogen and oxygen atoms in total. The number of hydrogen-bond donors (Lipinski definition) is 7. The number of carboxylic acids is 7. The Morgan fingerprint density at radius 2 is 0.217 bits per heavy atom. The third-order valence-corrected chi connectivity index (χ3v) is 16.0. The molecule has 14 heteroatoms. The Morgan fingerprint density at radius 3 is 0.283 bits per heavy atom. The van der Waals surface area contributed by atoms with E-state index in [2.05, 4.69) is 27.7 Å². The molecule has 0 aliphatic rings. The van der Waals surface area contributed by atoms with E-state index in [-0.39, 0.29) is 0 Å². The van der Waals surface area contributed by atoms with Crippen molar-refractivity contribution in [3.05, 3.63) is 0 Å². The molecular formula is C78H156O14. The summed E-state index contributed by atoms with van der Waals surface area (Å²) in [5.74, 6) is -5.11. The Hall–Kier alpha value is -3.71. The van der Waals surface area contributed by atoms with E-state index in [9.17, 15) is 19.2 Å². The molecule has 0 aliphatic heterocycles. The zero-order chi connectivity index (χ0) is 70.3. The van der Waals surface area contributed by atoms with Crippen LogP contribution in [0.5, 0.6) is 0 Å². The van der Waals surface area contributed by atoms with Crippen LogP contribution in [0.25, 0.3) is 0 Å². The summed E-state index contributed by atoms with van der Waals surface area (Å²) in [4.78, 5) is 68.3. The average Bonchev–Trinajstić information content (AvgIpc) is 3.51. The lowest BCUT2D eigenvalue weighted by molar-refractivity contribution is -0.138. The minimum atomic E-state index is -0.833. The maximum Gasteiger partial charge on any atom is 0.303 e. The highest BCUT2D eigenvalue weighted by molar-refractivity contribution is 5.67. The summed E-state index contributed by atoms with van der Waals surface area (Å²) in [6.45, 7) is 12.3. The minimum absolute atomic E-state index is 0.345. The summed E-state index contributed by atoms with van der Waals surface area (Å²) in [5, 5.41) is 56.3. The van der Waals surface area contributed by atoms with Crippen molar-refractivity contribution < 1.29 is 69.3 Å². The lowest BCUT2D eigenvalue weighted by atomic mass is 10.0. The van der Waals surface area contributed by atoms with Gasteiger partial charge in [-0.1, -0.05) is 387 Å². The van der Waals surface area contributed by atoms with Crippen molar-refractivity contribution in [1.82, 2.24) is 0 Å². The number of aliphatic carboxylic acids is 7. The van der Waals surface area contributed by atoms with Gasteiger partial charge in [-0.25, -0.2) is 0 Å². The van der Waals surface area contributed by atoms with E-state index in [0.29, 0.717) is 25.7 Å². The number of carboxylic acid groups (broad SMARTS) is 7. The van der Waals surface area contributed by atoms with Crippen molar-refractivity contribution in [3.8, 4) is 0 Å². The van der Waals surface area contributed by atoms with Crippen molar-refractivity contribution in [2.24, 2.45) is 0 Å². The van der Waals surface area contributed by atoms with Crippen LogP contribution in [0.1, 0.15) is 459 Å². The summed E-state index contributed by atoms with van der Waals surface area (Å²) in [5.41, 5.74) is 0. The molecule has 0 amide bonds. The Morgan fingerprint density at radius 1 is 0.152 bits per heavy atom. The highest BCUT2D eigenvalue weighted by atomic mass is 16.4. The van der Waals surface area contributed by atoms with Crippen molar-refractivity contribution in [2.75, 3.05) is 0 Å². The maximum absolute atomic E-state index is 10.3. The van der Waals surface area contributed by atoms with Crippen LogP contribution in [-0.2, 0) is 33.6 Å². The molecule has 0 fully saturated rings. The zero-order valence-electron chi connectivity index (χ0n) is 61.7. The summed E-state index contributed by atoms with van der Waals surface area (Å²) >= 11 is 0. The van der Waals surface area contributed by atoms with Crippen molar-refractivity contribution in [1.29, 1.82) is 0 Å². The smallest absolute Gasteiger partial charge is 0.303 e. The van der Waals surface area contributed by atoms with Gasteiger partial charge in [-0.3, -0.25) is 33.6 Å². The van der Waals surface area contributed by atoms with Crippen LogP contribution in [-0.4, -0.2) is 77.5 Å². The average molecular weight is 1320 g/mol. The Bertz CT molecular complexity index is 1240. The lowest BCUT2D eigenvalue weighted by Crippen LogP contribution is -1.93. The first-order chi connectivity index (χ1) is 44.3.